The smallest absolute Gasteiger partial charge is 0.210 e. The fraction of sp³-hybridized carbons (Fsp3) is 0.471. The normalized spacial score (nSPS) is 26.5. The third kappa shape index (κ3) is 2.64. The van der Waals surface area contributed by atoms with Crippen LogP contribution >= 0.6 is 0 Å². The molecule has 3 rings (SSSR count). The number of hydrogen-bond donors (Lipinski definition) is 2. The Morgan fingerprint density at radius 3 is 2.92 bits per heavy atom. The number of nitrogens with zero attached hydrogens (tertiary/aromatic N) is 4. The molecule has 7 heteroatoms. The third-order valence-corrected chi connectivity index (χ3v) is 4.46. The van der Waals surface area contributed by atoms with Crippen molar-refractivity contribution >= 4 is 5.96 Å². The summed E-state index contributed by atoms with van der Waals surface area (Å²) in [6.45, 7) is 5.03. The molecule has 0 unspecified atom stereocenters. The number of guanidine groups is 1. The minimum Gasteiger partial charge on any atom is -0.485 e. The van der Waals surface area contributed by atoms with Crippen LogP contribution in [0.25, 0.3) is 0 Å². The third-order valence-electron chi connectivity index (χ3n) is 4.46. The van der Waals surface area contributed by atoms with Crippen molar-refractivity contribution in [2.24, 2.45) is 4.99 Å². The van der Waals surface area contributed by atoms with E-state index in [0.717, 1.165) is 18.5 Å². The van der Waals surface area contributed by atoms with Gasteiger partial charge in [-0.15, -0.1) is 4.99 Å². The quantitative estimate of drug-likeness (QED) is 0.753. The summed E-state index contributed by atoms with van der Waals surface area (Å²) in [4.78, 5) is 5.75. The molecule has 0 amide bonds. The van der Waals surface area contributed by atoms with Gasteiger partial charge >= 0.3 is 0 Å². The standard InChI is InChI=1S/C17H19N5O2/c1-17(2)15(23)14(22-7-3-6-20-16(22)21-10-19)12-8-11(9-18)4-5-13(12)24-17/h4-5,8,14-15,23H,3,6-7H2,1-2H3,(H,20,21)/t14-,15+/m0/s1. The van der Waals surface area contributed by atoms with Gasteiger partial charge in [-0.05, 0) is 38.5 Å². The second-order valence-electron chi connectivity index (χ2n) is 6.47. The molecular weight excluding hydrogens is 306 g/mol. The van der Waals surface area contributed by atoms with Gasteiger partial charge in [0, 0.05) is 18.7 Å². The van der Waals surface area contributed by atoms with Gasteiger partial charge in [-0.1, -0.05) is 0 Å². The van der Waals surface area contributed by atoms with Gasteiger partial charge in [-0.2, -0.15) is 10.5 Å². The highest BCUT2D eigenvalue weighted by Crippen LogP contribution is 2.43. The zero-order valence-electron chi connectivity index (χ0n) is 13.7. The average Bonchev–Trinajstić information content (AvgIpc) is 2.57. The van der Waals surface area contributed by atoms with E-state index in [4.69, 9.17) is 10.00 Å². The van der Waals surface area contributed by atoms with Crippen LogP contribution in [0.1, 0.15) is 37.4 Å². The molecule has 2 N–H and O–H groups in total. The highest BCUT2D eigenvalue weighted by molar-refractivity contribution is 5.82. The summed E-state index contributed by atoms with van der Waals surface area (Å²) in [5.41, 5.74) is 0.425. The first-order valence-electron chi connectivity index (χ1n) is 7.86. The van der Waals surface area contributed by atoms with Crippen LogP contribution in [0.5, 0.6) is 5.75 Å². The largest absolute Gasteiger partial charge is 0.485 e. The first kappa shape index (κ1) is 16.1. The van der Waals surface area contributed by atoms with E-state index < -0.39 is 17.7 Å². The summed E-state index contributed by atoms with van der Waals surface area (Å²) in [5.74, 6) is 1.08. The van der Waals surface area contributed by atoms with Crippen LogP contribution in [0.3, 0.4) is 0 Å². The lowest BCUT2D eigenvalue weighted by molar-refractivity contribution is -0.0829. The molecule has 1 saturated heterocycles. The molecule has 0 saturated carbocycles. The molecule has 0 spiro atoms. The Morgan fingerprint density at radius 2 is 2.21 bits per heavy atom. The molecule has 0 radical (unpaired) electrons. The van der Waals surface area contributed by atoms with Crippen molar-refractivity contribution in [1.29, 1.82) is 10.5 Å². The number of aliphatic hydroxyl groups is 1. The van der Waals surface area contributed by atoms with E-state index in [1.807, 2.05) is 24.9 Å². The second-order valence-corrected chi connectivity index (χ2v) is 6.47. The molecule has 0 aromatic heterocycles. The fourth-order valence-corrected chi connectivity index (χ4v) is 3.25. The number of ether oxygens (including phenoxy) is 1. The van der Waals surface area contributed by atoms with Gasteiger partial charge in [-0.25, -0.2) is 0 Å². The van der Waals surface area contributed by atoms with Crippen molar-refractivity contribution in [3.05, 3.63) is 29.3 Å². The van der Waals surface area contributed by atoms with Gasteiger partial charge in [0.25, 0.3) is 0 Å². The minimum atomic E-state index is -0.845. The van der Waals surface area contributed by atoms with Crippen LogP contribution in [0, 0.1) is 22.8 Å². The lowest BCUT2D eigenvalue weighted by Crippen LogP contribution is -2.58. The average molecular weight is 325 g/mol. The van der Waals surface area contributed by atoms with Crippen molar-refractivity contribution in [3.63, 3.8) is 0 Å². The molecule has 0 bridgehead atoms. The Labute approximate surface area is 140 Å². The molecule has 7 nitrogen and oxygen atoms in total. The number of nitrogens with one attached hydrogen (secondary N) is 1. The molecule has 1 aromatic carbocycles. The molecule has 2 atom stereocenters. The number of nitriles is 2. The molecule has 124 valence electrons. The van der Waals surface area contributed by atoms with Crippen LogP contribution in [-0.4, -0.2) is 40.8 Å². The highest BCUT2D eigenvalue weighted by Gasteiger charge is 2.46. The van der Waals surface area contributed by atoms with E-state index >= 15 is 0 Å². The molecule has 0 aliphatic carbocycles. The summed E-state index contributed by atoms with van der Waals surface area (Å²) < 4.78 is 5.94. The Bertz CT molecular complexity index is 759. The Kier molecular flexibility index (Phi) is 4.04. The maximum Gasteiger partial charge on any atom is 0.210 e. The maximum atomic E-state index is 10.9. The topological polar surface area (TPSA) is 105 Å². The SMILES string of the molecule is CC1(C)Oc2ccc(C#N)cc2[C@H](N2CCCN/C2=N/C#N)[C@H]1O. The van der Waals surface area contributed by atoms with Crippen molar-refractivity contribution in [2.75, 3.05) is 13.1 Å². The Balaban J connectivity index is 2.13. The number of fused-ring (bicyclic) bond motifs is 1. The van der Waals surface area contributed by atoms with E-state index in [1.54, 1.807) is 18.2 Å². The van der Waals surface area contributed by atoms with Gasteiger partial charge in [0.15, 0.2) is 0 Å². The van der Waals surface area contributed by atoms with Crippen LogP contribution in [0.15, 0.2) is 23.2 Å². The highest BCUT2D eigenvalue weighted by atomic mass is 16.5. The van der Waals surface area contributed by atoms with Crippen LogP contribution in [-0.2, 0) is 0 Å². The molecule has 1 aromatic rings. The zero-order chi connectivity index (χ0) is 17.3. The van der Waals surface area contributed by atoms with E-state index in [2.05, 4.69) is 16.4 Å². The number of aliphatic hydroxyl groups excluding tert-OH is 1. The molecule has 2 aliphatic heterocycles. The predicted molar refractivity (Wildman–Crippen MR) is 87.0 cm³/mol. The lowest BCUT2D eigenvalue weighted by Gasteiger charge is -2.48. The van der Waals surface area contributed by atoms with Crippen LogP contribution in [0.4, 0.5) is 0 Å². The molecular formula is C17H19N5O2. The van der Waals surface area contributed by atoms with E-state index in [-0.39, 0.29) is 0 Å². The monoisotopic (exact) mass is 325 g/mol. The van der Waals surface area contributed by atoms with E-state index in [1.165, 1.54) is 0 Å². The number of benzene rings is 1. The van der Waals surface area contributed by atoms with Gasteiger partial charge < -0.3 is 20.1 Å². The number of aliphatic imine (C=N–C) groups is 1. The first-order chi connectivity index (χ1) is 11.5. The van der Waals surface area contributed by atoms with Crippen molar-refractivity contribution in [3.8, 4) is 18.0 Å². The lowest BCUT2D eigenvalue weighted by atomic mass is 9.84. The Hall–Kier alpha value is -2.77. The zero-order valence-corrected chi connectivity index (χ0v) is 13.7. The predicted octanol–water partition coefficient (Wildman–Crippen LogP) is 1.26. The fourth-order valence-electron chi connectivity index (χ4n) is 3.25. The molecule has 1 fully saturated rings. The van der Waals surface area contributed by atoms with E-state index in [0.29, 0.717) is 23.8 Å². The second kappa shape index (κ2) is 6.03. The minimum absolute atomic E-state index is 0.443. The Morgan fingerprint density at radius 1 is 1.42 bits per heavy atom. The van der Waals surface area contributed by atoms with Gasteiger partial charge in [-0.3, -0.25) is 0 Å². The molecule has 24 heavy (non-hydrogen) atoms. The van der Waals surface area contributed by atoms with Crippen molar-refractivity contribution < 1.29 is 9.84 Å². The van der Waals surface area contributed by atoms with Gasteiger partial charge in [0.1, 0.15) is 17.5 Å². The summed E-state index contributed by atoms with van der Waals surface area (Å²) in [7, 11) is 0. The number of rotatable bonds is 1. The summed E-state index contributed by atoms with van der Waals surface area (Å²) in [5, 5.41) is 32.2. The van der Waals surface area contributed by atoms with E-state index in [9.17, 15) is 10.4 Å². The van der Waals surface area contributed by atoms with Crippen LogP contribution < -0.4 is 10.1 Å². The summed E-state index contributed by atoms with van der Waals surface area (Å²) in [6.07, 6.45) is 1.83. The molecule has 2 heterocycles. The first-order valence-corrected chi connectivity index (χ1v) is 7.86. The van der Waals surface area contributed by atoms with Crippen molar-refractivity contribution in [2.45, 2.75) is 38.0 Å². The van der Waals surface area contributed by atoms with Crippen molar-refractivity contribution in [1.82, 2.24) is 10.2 Å². The molecule has 2 aliphatic rings. The summed E-state index contributed by atoms with van der Waals surface area (Å²) >= 11 is 0. The van der Waals surface area contributed by atoms with Gasteiger partial charge in [0.05, 0.1) is 17.7 Å². The maximum absolute atomic E-state index is 10.9. The van der Waals surface area contributed by atoms with Gasteiger partial charge in [0.2, 0.25) is 12.2 Å². The summed E-state index contributed by atoms with van der Waals surface area (Å²) in [6, 6.07) is 6.86. The van der Waals surface area contributed by atoms with Crippen LogP contribution in [0.2, 0.25) is 0 Å². The number of hydrogen-bond acceptors (Lipinski definition) is 5.